The zero-order valence-corrected chi connectivity index (χ0v) is 11.5. The molecule has 0 amide bonds. The first-order chi connectivity index (χ1) is 10.3. The van der Waals surface area contributed by atoms with E-state index in [2.05, 4.69) is 15.3 Å². The molecular weight excluding hydrogens is 269 g/mol. The third-order valence-electron chi connectivity index (χ3n) is 3.11. The molecular formula is C16H14FN3O. The summed E-state index contributed by atoms with van der Waals surface area (Å²) in [7, 11) is 1.74. The highest BCUT2D eigenvalue weighted by Crippen LogP contribution is 2.24. The van der Waals surface area contributed by atoms with E-state index in [-0.39, 0.29) is 12.4 Å². The van der Waals surface area contributed by atoms with Crippen LogP contribution in [0.2, 0.25) is 0 Å². The number of fused-ring (bicyclic) bond motifs is 1. The van der Waals surface area contributed by atoms with Crippen LogP contribution in [-0.2, 0) is 6.61 Å². The van der Waals surface area contributed by atoms with Gasteiger partial charge in [-0.2, -0.15) is 4.98 Å². The molecule has 3 aromatic rings. The first kappa shape index (κ1) is 13.3. The van der Waals surface area contributed by atoms with Gasteiger partial charge < -0.3 is 10.1 Å². The predicted molar refractivity (Wildman–Crippen MR) is 79.8 cm³/mol. The van der Waals surface area contributed by atoms with E-state index in [0.717, 1.165) is 10.9 Å². The Morgan fingerprint density at radius 2 is 1.81 bits per heavy atom. The minimum absolute atomic E-state index is 0.122. The van der Waals surface area contributed by atoms with Gasteiger partial charge in [0.15, 0.2) is 0 Å². The molecule has 5 heteroatoms. The lowest BCUT2D eigenvalue weighted by Crippen LogP contribution is -2.03. The van der Waals surface area contributed by atoms with Crippen LogP contribution >= 0.6 is 0 Å². The monoisotopic (exact) mass is 283 g/mol. The van der Waals surface area contributed by atoms with Crippen LogP contribution in [0.25, 0.3) is 10.9 Å². The molecule has 0 spiro atoms. The standard InChI is InChI=1S/C16H14FN3O/c1-18-16-19-14-9-5-3-7-12(14)15(20-16)21-10-11-6-2-4-8-13(11)17/h2-9H,10H2,1H3,(H,18,19,20). The quantitative estimate of drug-likeness (QED) is 0.797. The molecule has 0 aliphatic carbocycles. The van der Waals surface area contributed by atoms with Crippen molar-refractivity contribution in [2.45, 2.75) is 6.61 Å². The summed E-state index contributed by atoms with van der Waals surface area (Å²) >= 11 is 0. The van der Waals surface area contributed by atoms with Crippen LogP contribution < -0.4 is 10.1 Å². The maximum atomic E-state index is 13.6. The van der Waals surface area contributed by atoms with E-state index in [0.29, 0.717) is 17.4 Å². The number of nitrogens with zero attached hydrogens (tertiary/aromatic N) is 2. The van der Waals surface area contributed by atoms with Gasteiger partial charge in [0.2, 0.25) is 11.8 Å². The molecule has 3 rings (SSSR count). The van der Waals surface area contributed by atoms with Crippen LogP contribution in [0.4, 0.5) is 10.3 Å². The number of benzene rings is 2. The number of nitrogens with one attached hydrogen (secondary N) is 1. The van der Waals surface area contributed by atoms with Crippen molar-refractivity contribution in [3.63, 3.8) is 0 Å². The summed E-state index contributed by atoms with van der Waals surface area (Å²) in [6.45, 7) is 0.122. The highest BCUT2D eigenvalue weighted by Gasteiger charge is 2.09. The maximum absolute atomic E-state index is 13.6. The zero-order chi connectivity index (χ0) is 14.7. The number of para-hydroxylation sites is 1. The Hall–Kier alpha value is -2.69. The molecule has 21 heavy (non-hydrogen) atoms. The molecule has 2 aromatic carbocycles. The van der Waals surface area contributed by atoms with Crippen molar-refractivity contribution >= 4 is 16.9 Å². The van der Waals surface area contributed by atoms with Gasteiger partial charge in [0.05, 0.1) is 10.9 Å². The van der Waals surface area contributed by atoms with E-state index in [1.54, 1.807) is 25.2 Å². The van der Waals surface area contributed by atoms with Gasteiger partial charge in [-0.05, 0) is 18.2 Å². The topological polar surface area (TPSA) is 47.0 Å². The second kappa shape index (κ2) is 5.75. The number of rotatable bonds is 4. The Labute approximate surface area is 121 Å². The summed E-state index contributed by atoms with van der Waals surface area (Å²) in [5, 5.41) is 3.69. The molecule has 4 nitrogen and oxygen atoms in total. The lowest BCUT2D eigenvalue weighted by Gasteiger charge is -2.10. The summed E-state index contributed by atoms with van der Waals surface area (Å²) in [4.78, 5) is 8.65. The van der Waals surface area contributed by atoms with Crippen molar-refractivity contribution in [2.75, 3.05) is 12.4 Å². The molecule has 0 aliphatic rings. The van der Waals surface area contributed by atoms with Crippen molar-refractivity contribution in [3.05, 3.63) is 59.9 Å². The van der Waals surface area contributed by atoms with E-state index in [1.807, 2.05) is 24.3 Å². The molecule has 0 saturated heterocycles. The van der Waals surface area contributed by atoms with Crippen molar-refractivity contribution < 1.29 is 9.13 Å². The van der Waals surface area contributed by atoms with Gasteiger partial charge in [-0.25, -0.2) is 9.37 Å². The number of anilines is 1. The molecule has 0 atom stereocenters. The van der Waals surface area contributed by atoms with Crippen molar-refractivity contribution in [1.82, 2.24) is 9.97 Å². The van der Waals surface area contributed by atoms with Crippen LogP contribution in [0.15, 0.2) is 48.5 Å². The fourth-order valence-corrected chi connectivity index (χ4v) is 2.03. The van der Waals surface area contributed by atoms with Gasteiger partial charge in [0.1, 0.15) is 12.4 Å². The van der Waals surface area contributed by atoms with Gasteiger partial charge in [0, 0.05) is 12.6 Å². The molecule has 0 saturated carbocycles. The Balaban J connectivity index is 1.94. The van der Waals surface area contributed by atoms with Gasteiger partial charge in [0.25, 0.3) is 0 Å². The van der Waals surface area contributed by atoms with E-state index in [9.17, 15) is 4.39 Å². The zero-order valence-electron chi connectivity index (χ0n) is 11.5. The molecule has 0 aliphatic heterocycles. The minimum atomic E-state index is -0.287. The fourth-order valence-electron chi connectivity index (χ4n) is 2.03. The van der Waals surface area contributed by atoms with Gasteiger partial charge >= 0.3 is 0 Å². The first-order valence-electron chi connectivity index (χ1n) is 6.58. The summed E-state index contributed by atoms with van der Waals surface area (Å²) < 4.78 is 19.3. The largest absolute Gasteiger partial charge is 0.472 e. The van der Waals surface area contributed by atoms with Gasteiger partial charge in [-0.1, -0.05) is 30.3 Å². The van der Waals surface area contributed by atoms with Crippen molar-refractivity contribution in [3.8, 4) is 5.88 Å². The lowest BCUT2D eigenvalue weighted by molar-refractivity contribution is 0.292. The van der Waals surface area contributed by atoms with E-state index in [1.165, 1.54) is 6.07 Å². The van der Waals surface area contributed by atoms with E-state index in [4.69, 9.17) is 4.74 Å². The van der Waals surface area contributed by atoms with Gasteiger partial charge in [-0.15, -0.1) is 0 Å². The SMILES string of the molecule is CNc1nc(OCc2ccccc2F)c2ccccc2n1. The highest BCUT2D eigenvalue weighted by molar-refractivity contribution is 5.84. The summed E-state index contributed by atoms with van der Waals surface area (Å²) in [5.74, 6) is 0.620. The minimum Gasteiger partial charge on any atom is -0.472 e. The second-order valence-electron chi connectivity index (χ2n) is 4.50. The van der Waals surface area contributed by atoms with Crippen LogP contribution in [0.3, 0.4) is 0 Å². The smallest absolute Gasteiger partial charge is 0.226 e. The van der Waals surface area contributed by atoms with Crippen LogP contribution in [0.1, 0.15) is 5.56 Å². The molecule has 1 aromatic heterocycles. The number of ether oxygens (including phenoxy) is 1. The third kappa shape index (κ3) is 2.76. The number of hydrogen-bond acceptors (Lipinski definition) is 4. The van der Waals surface area contributed by atoms with Crippen molar-refractivity contribution in [1.29, 1.82) is 0 Å². The maximum Gasteiger partial charge on any atom is 0.226 e. The molecule has 0 bridgehead atoms. The van der Waals surface area contributed by atoms with Crippen molar-refractivity contribution in [2.24, 2.45) is 0 Å². The summed E-state index contributed by atoms with van der Waals surface area (Å²) in [6, 6.07) is 14.1. The Morgan fingerprint density at radius 3 is 2.62 bits per heavy atom. The van der Waals surface area contributed by atoms with E-state index < -0.39 is 0 Å². The highest BCUT2D eigenvalue weighted by atomic mass is 19.1. The van der Waals surface area contributed by atoms with Crippen LogP contribution in [-0.4, -0.2) is 17.0 Å². The first-order valence-corrected chi connectivity index (χ1v) is 6.58. The van der Waals surface area contributed by atoms with E-state index >= 15 is 0 Å². The second-order valence-corrected chi connectivity index (χ2v) is 4.50. The Kier molecular flexibility index (Phi) is 3.64. The Bertz CT molecular complexity index is 776. The third-order valence-corrected chi connectivity index (χ3v) is 3.11. The fraction of sp³-hybridized carbons (Fsp3) is 0.125. The molecule has 1 heterocycles. The molecule has 0 unspecified atom stereocenters. The number of hydrogen-bond donors (Lipinski definition) is 1. The summed E-state index contributed by atoms with van der Waals surface area (Å²) in [5.41, 5.74) is 1.27. The summed E-state index contributed by atoms with van der Waals surface area (Å²) in [6.07, 6.45) is 0. The lowest BCUT2D eigenvalue weighted by atomic mass is 10.2. The average molecular weight is 283 g/mol. The number of aromatic nitrogens is 2. The normalized spacial score (nSPS) is 10.6. The molecule has 0 fully saturated rings. The molecule has 0 radical (unpaired) electrons. The van der Waals surface area contributed by atoms with Gasteiger partial charge in [-0.3, -0.25) is 0 Å². The Morgan fingerprint density at radius 1 is 1.05 bits per heavy atom. The molecule has 106 valence electrons. The number of halogens is 1. The predicted octanol–water partition coefficient (Wildman–Crippen LogP) is 3.39. The van der Waals surface area contributed by atoms with Crippen LogP contribution in [0, 0.1) is 5.82 Å². The average Bonchev–Trinajstić information content (AvgIpc) is 2.53. The van der Waals surface area contributed by atoms with Crippen LogP contribution in [0.5, 0.6) is 5.88 Å². The molecule has 1 N–H and O–H groups in total.